The lowest BCUT2D eigenvalue weighted by molar-refractivity contribution is -0.118. The second-order valence-corrected chi connectivity index (χ2v) is 7.64. The standard InChI is InChI=1S/C21H17Cl2N3O2S/c1-11-18(20(27)26-16-5-3-4-6-17(16)28-2)19(14(10-24)21(29)25-11)13-8-7-12(22)9-15(13)23/h3-9,18-19,24H,1-2H3,(H,26,27). The number of rotatable bonds is 4. The number of thiocarbonyl (C=S) groups is 1. The number of hydrogen-bond donors (Lipinski definition) is 2. The van der Waals surface area contributed by atoms with Crippen molar-refractivity contribution in [1.29, 1.82) is 5.41 Å². The van der Waals surface area contributed by atoms with Crippen LogP contribution in [0.25, 0.3) is 0 Å². The van der Waals surface area contributed by atoms with Crippen LogP contribution in [0.1, 0.15) is 18.4 Å². The third kappa shape index (κ3) is 4.26. The number of nitrogens with one attached hydrogen (secondary N) is 2. The quantitative estimate of drug-likeness (QED) is 0.379. The number of aliphatic imine (C=N–C) groups is 1. The summed E-state index contributed by atoms with van der Waals surface area (Å²) < 4.78 is 5.31. The van der Waals surface area contributed by atoms with E-state index in [0.717, 1.165) is 0 Å². The van der Waals surface area contributed by atoms with E-state index in [1.54, 1.807) is 43.3 Å². The minimum atomic E-state index is -0.738. The molecule has 2 aromatic rings. The van der Waals surface area contributed by atoms with E-state index in [1.165, 1.54) is 7.11 Å². The molecule has 0 aromatic heterocycles. The monoisotopic (exact) mass is 445 g/mol. The van der Waals surface area contributed by atoms with E-state index in [2.05, 4.69) is 16.2 Å². The lowest BCUT2D eigenvalue weighted by Crippen LogP contribution is -2.39. The van der Waals surface area contributed by atoms with Gasteiger partial charge in [0.15, 0.2) is 0 Å². The van der Waals surface area contributed by atoms with Crippen LogP contribution in [0.5, 0.6) is 5.75 Å². The Balaban J connectivity index is 2.09. The number of halogens is 2. The van der Waals surface area contributed by atoms with E-state index >= 15 is 0 Å². The molecule has 1 aliphatic rings. The van der Waals surface area contributed by atoms with Crippen LogP contribution < -0.4 is 10.1 Å². The largest absolute Gasteiger partial charge is 0.495 e. The molecule has 5 nitrogen and oxygen atoms in total. The molecule has 0 saturated heterocycles. The summed E-state index contributed by atoms with van der Waals surface area (Å²) in [5.74, 6) is 1.22. The lowest BCUT2D eigenvalue weighted by atomic mass is 9.76. The number of hydrogen-bond acceptors (Lipinski definition) is 4. The second-order valence-electron chi connectivity index (χ2n) is 6.41. The van der Waals surface area contributed by atoms with E-state index in [-0.39, 0.29) is 10.9 Å². The lowest BCUT2D eigenvalue weighted by Gasteiger charge is -2.31. The summed E-state index contributed by atoms with van der Waals surface area (Å²) in [4.78, 5) is 17.8. The van der Waals surface area contributed by atoms with Crippen molar-refractivity contribution in [3.8, 4) is 5.75 Å². The minimum Gasteiger partial charge on any atom is -0.495 e. The van der Waals surface area contributed by atoms with Gasteiger partial charge in [-0.25, -0.2) is 4.99 Å². The summed E-state index contributed by atoms with van der Waals surface area (Å²) in [5, 5.41) is 11.5. The van der Waals surface area contributed by atoms with Crippen molar-refractivity contribution in [2.45, 2.75) is 12.8 Å². The molecule has 1 heterocycles. The fraction of sp³-hybridized carbons (Fsp3) is 0.190. The molecule has 2 N–H and O–H groups in total. The number of anilines is 1. The average molecular weight is 446 g/mol. The van der Waals surface area contributed by atoms with Gasteiger partial charge in [0.05, 0.1) is 24.3 Å². The summed E-state index contributed by atoms with van der Waals surface area (Å²) >= 11 is 17.8. The van der Waals surface area contributed by atoms with Gasteiger partial charge in [0.2, 0.25) is 5.91 Å². The van der Waals surface area contributed by atoms with Crippen LogP contribution in [0.3, 0.4) is 0 Å². The van der Waals surface area contributed by atoms with Gasteiger partial charge in [0.25, 0.3) is 0 Å². The third-order valence-electron chi connectivity index (χ3n) is 4.68. The smallest absolute Gasteiger partial charge is 0.234 e. The Morgan fingerprint density at radius 3 is 2.66 bits per heavy atom. The molecular weight excluding hydrogens is 429 g/mol. The maximum Gasteiger partial charge on any atom is 0.234 e. The predicted molar refractivity (Wildman–Crippen MR) is 121 cm³/mol. The molecule has 3 rings (SSSR count). The Morgan fingerprint density at radius 2 is 2.00 bits per heavy atom. The molecule has 148 valence electrons. The molecule has 0 radical (unpaired) electrons. The highest BCUT2D eigenvalue weighted by molar-refractivity contribution is 7.80. The van der Waals surface area contributed by atoms with Crippen molar-refractivity contribution in [2.24, 2.45) is 10.9 Å². The first-order valence-corrected chi connectivity index (χ1v) is 9.81. The zero-order chi connectivity index (χ0) is 21.1. The van der Waals surface area contributed by atoms with Crippen LogP contribution in [0, 0.1) is 11.3 Å². The van der Waals surface area contributed by atoms with Crippen LogP contribution in [0.15, 0.2) is 53.0 Å². The second kappa shape index (κ2) is 8.89. The maximum atomic E-state index is 13.3. The molecule has 1 amide bonds. The number of nitrogens with zero attached hydrogens (tertiary/aromatic N) is 1. The van der Waals surface area contributed by atoms with E-state index in [1.807, 2.05) is 6.07 Å². The number of ether oxygens (including phenoxy) is 1. The average Bonchev–Trinajstić information content (AvgIpc) is 2.68. The minimum absolute atomic E-state index is 0.217. The van der Waals surface area contributed by atoms with Gasteiger partial charge in [-0.3, -0.25) is 10.2 Å². The summed E-state index contributed by atoms with van der Waals surface area (Å²) in [6.45, 7) is 1.73. The first-order chi connectivity index (χ1) is 13.9. The Hall–Kier alpha value is -2.50. The molecule has 8 heteroatoms. The first-order valence-electron chi connectivity index (χ1n) is 8.65. The normalized spacial score (nSPS) is 18.7. The van der Waals surface area contributed by atoms with E-state index < -0.39 is 11.8 Å². The number of para-hydroxylation sites is 2. The Labute approximate surface area is 183 Å². The highest BCUT2D eigenvalue weighted by Crippen LogP contribution is 2.41. The fourth-order valence-corrected chi connectivity index (χ4v) is 4.20. The van der Waals surface area contributed by atoms with Crippen LogP contribution >= 0.6 is 35.4 Å². The molecule has 0 fully saturated rings. The van der Waals surface area contributed by atoms with Crippen molar-refractivity contribution in [3.05, 3.63) is 63.6 Å². The maximum absolute atomic E-state index is 13.3. The number of carbonyl (C=O) groups excluding carboxylic acids is 1. The van der Waals surface area contributed by atoms with Gasteiger partial charge in [-0.2, -0.15) is 0 Å². The summed E-state index contributed by atoms with van der Waals surface area (Å²) in [5.41, 5.74) is 2.01. The molecule has 29 heavy (non-hydrogen) atoms. The molecular formula is C21H17Cl2N3O2S. The van der Waals surface area contributed by atoms with Gasteiger partial charge in [-0.1, -0.05) is 53.6 Å². The Morgan fingerprint density at radius 1 is 1.28 bits per heavy atom. The number of carbonyl (C=O) groups is 1. The van der Waals surface area contributed by atoms with Gasteiger partial charge < -0.3 is 10.1 Å². The highest BCUT2D eigenvalue weighted by atomic mass is 35.5. The van der Waals surface area contributed by atoms with Crippen molar-refractivity contribution >= 4 is 63.6 Å². The number of methoxy groups -OCH3 is 1. The molecule has 2 unspecified atom stereocenters. The fourth-order valence-electron chi connectivity index (χ4n) is 3.35. The number of benzene rings is 2. The van der Waals surface area contributed by atoms with Gasteiger partial charge >= 0.3 is 0 Å². The Bertz CT molecular complexity index is 1080. The van der Waals surface area contributed by atoms with Gasteiger partial charge in [0.1, 0.15) is 10.7 Å². The molecule has 0 aliphatic carbocycles. The molecule has 2 aromatic carbocycles. The van der Waals surface area contributed by atoms with Gasteiger partial charge in [0, 0.05) is 21.7 Å². The first kappa shape index (κ1) is 21.2. The molecule has 0 spiro atoms. The van der Waals surface area contributed by atoms with Gasteiger partial charge in [-0.05, 0) is 42.6 Å². The molecule has 0 bridgehead atoms. The van der Waals surface area contributed by atoms with Crippen LogP contribution in [0.4, 0.5) is 5.69 Å². The molecule has 1 aliphatic heterocycles. The van der Waals surface area contributed by atoms with E-state index in [9.17, 15) is 4.79 Å². The van der Waals surface area contributed by atoms with Crippen LogP contribution in [0.2, 0.25) is 10.0 Å². The van der Waals surface area contributed by atoms with E-state index in [0.29, 0.717) is 38.3 Å². The predicted octanol–water partition coefficient (Wildman–Crippen LogP) is 5.32. The van der Waals surface area contributed by atoms with Crippen molar-refractivity contribution in [3.63, 3.8) is 0 Å². The summed E-state index contributed by atoms with van der Waals surface area (Å²) in [6, 6.07) is 12.1. The Kier molecular flexibility index (Phi) is 6.50. The number of amides is 1. The molecule has 0 saturated carbocycles. The zero-order valence-electron chi connectivity index (χ0n) is 15.6. The topological polar surface area (TPSA) is 74.5 Å². The summed E-state index contributed by atoms with van der Waals surface area (Å²) in [6.07, 6.45) is 0. The zero-order valence-corrected chi connectivity index (χ0v) is 18.0. The van der Waals surface area contributed by atoms with Crippen molar-refractivity contribution in [1.82, 2.24) is 0 Å². The van der Waals surface area contributed by atoms with Crippen LogP contribution in [-0.2, 0) is 4.79 Å². The van der Waals surface area contributed by atoms with Crippen molar-refractivity contribution in [2.75, 3.05) is 12.4 Å². The van der Waals surface area contributed by atoms with Crippen molar-refractivity contribution < 1.29 is 9.53 Å². The third-order valence-corrected chi connectivity index (χ3v) is 5.56. The molecule has 2 atom stereocenters. The van der Waals surface area contributed by atoms with Gasteiger partial charge in [-0.15, -0.1) is 0 Å². The highest BCUT2D eigenvalue weighted by Gasteiger charge is 2.40. The van der Waals surface area contributed by atoms with Crippen LogP contribution in [-0.4, -0.2) is 29.6 Å². The SMILES string of the molecule is COc1ccccc1NC(=O)C1C(C)=NC(=S)C(=C=N)C1c1ccc(Cl)cc1Cl. The summed E-state index contributed by atoms with van der Waals surface area (Å²) in [7, 11) is 1.53. The van der Waals surface area contributed by atoms with E-state index in [4.69, 9.17) is 45.6 Å².